The number of fused-ring (bicyclic) bond motifs is 1. The van der Waals surface area contributed by atoms with Gasteiger partial charge in [0.2, 0.25) is 11.8 Å². The molecule has 150 valence electrons. The van der Waals surface area contributed by atoms with Gasteiger partial charge >= 0.3 is 0 Å². The Morgan fingerprint density at radius 3 is 2.68 bits per heavy atom. The molecule has 7 heteroatoms. The van der Waals surface area contributed by atoms with Crippen molar-refractivity contribution in [2.75, 3.05) is 13.1 Å². The third-order valence-electron chi connectivity index (χ3n) is 6.40. The molecule has 2 unspecified atom stereocenters. The highest BCUT2D eigenvalue weighted by Crippen LogP contribution is 2.32. The molecule has 4 rings (SSSR count). The van der Waals surface area contributed by atoms with E-state index in [0.717, 1.165) is 37.2 Å². The third kappa shape index (κ3) is 3.44. The fourth-order valence-corrected chi connectivity index (χ4v) is 4.62. The lowest BCUT2D eigenvalue weighted by Gasteiger charge is -2.29. The second-order valence-electron chi connectivity index (χ2n) is 8.89. The van der Waals surface area contributed by atoms with Crippen molar-refractivity contribution in [3.05, 3.63) is 34.9 Å². The van der Waals surface area contributed by atoms with Crippen molar-refractivity contribution in [3.8, 4) is 0 Å². The summed E-state index contributed by atoms with van der Waals surface area (Å²) in [5.74, 6) is -0.288. The zero-order valence-electron chi connectivity index (χ0n) is 16.5. The Morgan fingerprint density at radius 2 is 2.00 bits per heavy atom. The number of likely N-dealkylation sites (tertiary alicyclic amines) is 1. The topological polar surface area (TPSA) is 95.7 Å². The number of carbonyl (C=O) groups is 3. The predicted octanol–water partition coefficient (Wildman–Crippen LogP) is 1.01. The molecule has 3 heterocycles. The van der Waals surface area contributed by atoms with Crippen LogP contribution in [0.1, 0.15) is 54.6 Å². The summed E-state index contributed by atoms with van der Waals surface area (Å²) in [4.78, 5) is 40.6. The van der Waals surface area contributed by atoms with E-state index in [1.54, 1.807) is 4.90 Å². The fraction of sp³-hybridized carbons (Fsp3) is 0.571. The van der Waals surface area contributed by atoms with Crippen molar-refractivity contribution in [2.45, 2.75) is 57.8 Å². The minimum absolute atomic E-state index is 0.117. The van der Waals surface area contributed by atoms with Crippen LogP contribution < -0.4 is 11.1 Å². The van der Waals surface area contributed by atoms with E-state index < -0.39 is 6.04 Å². The molecule has 3 amide bonds. The Labute approximate surface area is 165 Å². The first kappa shape index (κ1) is 19.1. The van der Waals surface area contributed by atoms with Gasteiger partial charge in [-0.15, -0.1) is 0 Å². The normalized spacial score (nSPS) is 26.0. The first-order valence-corrected chi connectivity index (χ1v) is 10.0. The Morgan fingerprint density at radius 1 is 1.21 bits per heavy atom. The van der Waals surface area contributed by atoms with Crippen molar-refractivity contribution < 1.29 is 14.4 Å². The summed E-state index contributed by atoms with van der Waals surface area (Å²) < 4.78 is 0. The van der Waals surface area contributed by atoms with Crippen LogP contribution in [0.15, 0.2) is 18.2 Å². The lowest BCUT2D eigenvalue weighted by molar-refractivity contribution is -0.136. The molecule has 0 radical (unpaired) electrons. The van der Waals surface area contributed by atoms with E-state index in [9.17, 15) is 14.4 Å². The monoisotopic (exact) mass is 384 g/mol. The number of imide groups is 1. The van der Waals surface area contributed by atoms with Crippen molar-refractivity contribution in [1.29, 1.82) is 0 Å². The van der Waals surface area contributed by atoms with Crippen LogP contribution in [0.4, 0.5) is 0 Å². The molecule has 3 aliphatic heterocycles. The standard InChI is InChI=1S/C21H28N4O3/c1-21(2,22)14-8-9-24(11-14)10-13-4-3-5-15-16(13)12-25(20(15)28)17-6-7-18(26)23-19(17)27/h3-5,14,17H,6-12,22H2,1-2H3,(H,23,26,27). The zero-order chi connectivity index (χ0) is 20.1. The highest BCUT2D eigenvalue weighted by molar-refractivity contribution is 6.05. The quantitative estimate of drug-likeness (QED) is 0.756. The summed E-state index contributed by atoms with van der Waals surface area (Å²) in [5, 5.41) is 2.35. The number of piperidine rings is 1. The Hall–Kier alpha value is -2.25. The van der Waals surface area contributed by atoms with Gasteiger partial charge < -0.3 is 10.6 Å². The fourth-order valence-electron chi connectivity index (χ4n) is 4.62. The average Bonchev–Trinajstić information content (AvgIpc) is 3.21. The van der Waals surface area contributed by atoms with Crippen LogP contribution >= 0.6 is 0 Å². The molecular formula is C21H28N4O3. The number of rotatable bonds is 4. The summed E-state index contributed by atoms with van der Waals surface area (Å²) in [5.41, 5.74) is 8.92. The molecule has 1 aromatic carbocycles. The molecule has 3 N–H and O–H groups in total. The van der Waals surface area contributed by atoms with E-state index in [-0.39, 0.29) is 29.7 Å². The van der Waals surface area contributed by atoms with Crippen molar-refractivity contribution in [3.63, 3.8) is 0 Å². The first-order chi connectivity index (χ1) is 13.2. The lowest BCUT2D eigenvalue weighted by atomic mass is 9.88. The molecule has 3 aliphatic rings. The number of amides is 3. The summed E-state index contributed by atoms with van der Waals surface area (Å²) >= 11 is 0. The maximum Gasteiger partial charge on any atom is 0.255 e. The number of nitrogens with one attached hydrogen (secondary N) is 1. The molecule has 0 saturated carbocycles. The number of nitrogens with zero attached hydrogens (tertiary/aromatic N) is 2. The summed E-state index contributed by atoms with van der Waals surface area (Å²) in [6.45, 7) is 7.33. The highest BCUT2D eigenvalue weighted by Gasteiger charge is 2.40. The highest BCUT2D eigenvalue weighted by atomic mass is 16.2. The first-order valence-electron chi connectivity index (χ1n) is 10.0. The Bertz CT molecular complexity index is 829. The van der Waals surface area contributed by atoms with Crippen LogP contribution in [0.3, 0.4) is 0 Å². The van der Waals surface area contributed by atoms with Crippen molar-refractivity contribution >= 4 is 17.7 Å². The number of hydrogen-bond donors (Lipinski definition) is 2. The molecule has 2 fully saturated rings. The summed E-state index contributed by atoms with van der Waals surface area (Å²) in [6, 6.07) is 5.25. The van der Waals surface area contributed by atoms with Gasteiger partial charge in [-0.2, -0.15) is 0 Å². The van der Waals surface area contributed by atoms with Crippen LogP contribution in [0.5, 0.6) is 0 Å². The van der Waals surface area contributed by atoms with Crippen LogP contribution in [0.25, 0.3) is 0 Å². The van der Waals surface area contributed by atoms with Crippen LogP contribution in [0.2, 0.25) is 0 Å². The minimum Gasteiger partial charge on any atom is -0.325 e. The van der Waals surface area contributed by atoms with Gasteiger partial charge in [-0.1, -0.05) is 12.1 Å². The number of hydrogen-bond acceptors (Lipinski definition) is 5. The molecule has 0 aromatic heterocycles. The predicted molar refractivity (Wildman–Crippen MR) is 104 cm³/mol. The van der Waals surface area contributed by atoms with Gasteiger partial charge in [0.1, 0.15) is 6.04 Å². The zero-order valence-corrected chi connectivity index (χ0v) is 16.5. The van der Waals surface area contributed by atoms with Crippen molar-refractivity contribution in [1.82, 2.24) is 15.1 Å². The number of benzene rings is 1. The smallest absolute Gasteiger partial charge is 0.255 e. The second kappa shape index (κ2) is 6.97. The maximum atomic E-state index is 12.9. The van der Waals surface area contributed by atoms with Gasteiger partial charge in [0.15, 0.2) is 0 Å². The van der Waals surface area contributed by atoms with Crippen molar-refractivity contribution in [2.24, 2.45) is 11.7 Å². The minimum atomic E-state index is -0.570. The molecule has 0 bridgehead atoms. The third-order valence-corrected chi connectivity index (χ3v) is 6.40. The second-order valence-corrected chi connectivity index (χ2v) is 8.89. The maximum absolute atomic E-state index is 12.9. The molecule has 7 nitrogen and oxygen atoms in total. The molecule has 2 atom stereocenters. The van der Waals surface area contributed by atoms with E-state index in [4.69, 9.17) is 5.73 Å². The SMILES string of the molecule is CC(C)(N)C1CCN(Cc2cccc3c2CN(C2CCC(=O)NC2=O)C3=O)C1. The van der Waals surface area contributed by atoms with Gasteiger partial charge in [-0.3, -0.25) is 24.6 Å². The van der Waals surface area contributed by atoms with E-state index in [1.165, 1.54) is 0 Å². The molecule has 0 spiro atoms. The molecular weight excluding hydrogens is 356 g/mol. The van der Waals surface area contributed by atoms with Crippen LogP contribution in [-0.2, 0) is 22.7 Å². The van der Waals surface area contributed by atoms with Gasteiger partial charge in [0.05, 0.1) is 0 Å². The van der Waals surface area contributed by atoms with E-state index in [0.29, 0.717) is 24.4 Å². The van der Waals surface area contributed by atoms with Crippen LogP contribution in [-0.4, -0.2) is 52.2 Å². The van der Waals surface area contributed by atoms with E-state index >= 15 is 0 Å². The Kier molecular flexibility index (Phi) is 4.75. The van der Waals surface area contributed by atoms with Gasteiger partial charge in [-0.05, 0) is 56.3 Å². The van der Waals surface area contributed by atoms with E-state index in [1.807, 2.05) is 12.1 Å². The molecule has 1 aromatic rings. The lowest BCUT2D eigenvalue weighted by Crippen LogP contribution is -2.52. The van der Waals surface area contributed by atoms with Gasteiger partial charge in [0, 0.05) is 37.2 Å². The molecule has 2 saturated heterocycles. The van der Waals surface area contributed by atoms with Gasteiger partial charge in [0.25, 0.3) is 5.91 Å². The Balaban J connectivity index is 1.51. The summed E-state index contributed by atoms with van der Waals surface area (Å²) in [6.07, 6.45) is 1.74. The van der Waals surface area contributed by atoms with Crippen LogP contribution in [0, 0.1) is 5.92 Å². The van der Waals surface area contributed by atoms with Gasteiger partial charge in [-0.25, -0.2) is 0 Å². The molecule has 28 heavy (non-hydrogen) atoms. The number of carbonyl (C=O) groups excluding carboxylic acids is 3. The largest absolute Gasteiger partial charge is 0.325 e. The summed E-state index contributed by atoms with van der Waals surface area (Å²) in [7, 11) is 0. The number of nitrogens with two attached hydrogens (primary N) is 1. The average molecular weight is 384 g/mol. The van der Waals surface area contributed by atoms with E-state index in [2.05, 4.69) is 30.1 Å². The molecule has 0 aliphatic carbocycles.